The van der Waals surface area contributed by atoms with Gasteiger partial charge in [-0.1, -0.05) is 27.2 Å². The number of hydrogen-bond donors (Lipinski definition) is 0. The Hall–Kier alpha value is -1.49. The molecule has 3 fully saturated rings. The molecule has 0 amide bonds. The summed E-state index contributed by atoms with van der Waals surface area (Å²) in [5.74, 6) is -2.98. The quantitative estimate of drug-likeness (QED) is 0.318. The summed E-state index contributed by atoms with van der Waals surface area (Å²) in [4.78, 5) is 37.6. The molecule has 10 heteroatoms. The van der Waals surface area contributed by atoms with Crippen LogP contribution < -0.4 is 0 Å². The van der Waals surface area contributed by atoms with Gasteiger partial charge < -0.3 is 28.1 Å². The summed E-state index contributed by atoms with van der Waals surface area (Å²) in [5.41, 5.74) is -1.91. The van der Waals surface area contributed by atoms with Gasteiger partial charge in [-0.2, -0.15) is 0 Å². The van der Waals surface area contributed by atoms with Gasteiger partial charge in [-0.3, -0.25) is 9.59 Å². The first kappa shape index (κ1) is 27.1. The lowest BCUT2D eigenvalue weighted by Gasteiger charge is -2.49. The maximum atomic E-state index is 13.2. The van der Waals surface area contributed by atoms with E-state index in [1.807, 2.05) is 0 Å². The zero-order valence-corrected chi connectivity index (χ0v) is 22.7. The molecule has 1 saturated heterocycles. The number of carbonyl (C=O) groups excluding carboxylic acids is 3. The summed E-state index contributed by atoms with van der Waals surface area (Å²) in [6.07, 6.45) is 0.981. The van der Waals surface area contributed by atoms with E-state index in [9.17, 15) is 14.4 Å². The Bertz CT molecular complexity index is 799. The van der Waals surface area contributed by atoms with Crippen LogP contribution in [-0.4, -0.2) is 69.1 Å². The number of rotatable bonds is 5. The highest BCUT2D eigenvalue weighted by Gasteiger charge is 2.69. The van der Waals surface area contributed by atoms with E-state index in [0.29, 0.717) is 12.8 Å². The van der Waals surface area contributed by atoms with Crippen LogP contribution in [0, 0.1) is 0 Å². The third kappa shape index (κ3) is 5.05. The van der Waals surface area contributed by atoms with Gasteiger partial charge >= 0.3 is 17.9 Å². The van der Waals surface area contributed by atoms with Crippen molar-refractivity contribution in [2.24, 2.45) is 0 Å². The fraction of sp³-hybridized carbons (Fsp3) is 0.875. The SMILES string of the molecule is COC(=O)[C@]1(OC(C)=O)C[C@@H](O[Si](C)(C)C(C)(C)C)[C@@H]2OC3(CCCCC3)O[C@@H]2[C@H]1OC(C)=O. The molecule has 0 aromatic heterocycles. The van der Waals surface area contributed by atoms with E-state index >= 15 is 0 Å². The van der Waals surface area contributed by atoms with Crippen molar-refractivity contribution in [3.63, 3.8) is 0 Å². The van der Waals surface area contributed by atoms with Gasteiger partial charge in [-0.15, -0.1) is 0 Å². The first-order valence-electron chi connectivity index (χ1n) is 12.1. The van der Waals surface area contributed by atoms with Crippen LogP contribution in [0.5, 0.6) is 0 Å². The van der Waals surface area contributed by atoms with Crippen LogP contribution in [0.2, 0.25) is 18.1 Å². The highest BCUT2D eigenvalue weighted by Crippen LogP contribution is 2.51. The summed E-state index contributed by atoms with van der Waals surface area (Å²) < 4.78 is 36.3. The van der Waals surface area contributed by atoms with Crippen LogP contribution >= 0.6 is 0 Å². The van der Waals surface area contributed by atoms with E-state index in [-0.39, 0.29) is 11.5 Å². The van der Waals surface area contributed by atoms with Gasteiger partial charge in [-0.25, -0.2) is 4.79 Å². The molecule has 0 aromatic rings. The van der Waals surface area contributed by atoms with Crippen molar-refractivity contribution in [2.75, 3.05) is 7.11 Å². The Kier molecular flexibility index (Phi) is 7.59. The highest BCUT2D eigenvalue weighted by atomic mass is 28.4. The third-order valence-electron chi connectivity index (χ3n) is 7.67. The first-order valence-corrected chi connectivity index (χ1v) is 15.1. The minimum atomic E-state index is -2.35. The van der Waals surface area contributed by atoms with Gasteiger partial charge in [0, 0.05) is 33.1 Å². The van der Waals surface area contributed by atoms with Crippen LogP contribution in [0.4, 0.5) is 0 Å². The maximum absolute atomic E-state index is 13.2. The lowest BCUT2D eigenvalue weighted by Crippen LogP contribution is -2.69. The zero-order valence-electron chi connectivity index (χ0n) is 21.7. The van der Waals surface area contributed by atoms with E-state index in [2.05, 4.69) is 33.9 Å². The molecule has 3 rings (SSSR count). The Morgan fingerprint density at radius 1 is 0.941 bits per heavy atom. The summed E-state index contributed by atoms with van der Waals surface area (Å²) in [6.45, 7) is 13.0. The summed E-state index contributed by atoms with van der Waals surface area (Å²) >= 11 is 0. The standard InChI is InChI=1S/C24H40O9Si/c1-15(25)29-20-19-18(31-23(32-19)12-10-9-11-13-23)17(33-34(7,8)22(3,4)5)14-24(20,21(27)28-6)30-16(2)26/h17-20H,9-14H2,1-8H3/t17-,18+,19+,20-,24+/m1/s1. The fourth-order valence-electron chi connectivity index (χ4n) is 5.08. The predicted octanol–water partition coefficient (Wildman–Crippen LogP) is 3.63. The molecule has 34 heavy (non-hydrogen) atoms. The number of hydrogen-bond acceptors (Lipinski definition) is 9. The third-order valence-corrected chi connectivity index (χ3v) is 12.2. The number of esters is 3. The molecule has 194 valence electrons. The van der Waals surface area contributed by atoms with Crippen molar-refractivity contribution in [3.8, 4) is 0 Å². The summed E-state index contributed by atoms with van der Waals surface area (Å²) in [5, 5.41) is -0.118. The molecule has 5 atom stereocenters. The fourth-order valence-corrected chi connectivity index (χ4v) is 6.41. The molecule has 1 spiro atoms. The molecular weight excluding hydrogens is 460 g/mol. The average molecular weight is 501 g/mol. The second-order valence-corrected chi connectivity index (χ2v) is 16.0. The van der Waals surface area contributed by atoms with Crippen molar-refractivity contribution in [1.82, 2.24) is 0 Å². The molecule has 0 aromatic carbocycles. The molecule has 1 aliphatic heterocycles. The van der Waals surface area contributed by atoms with Crippen LogP contribution in [0.3, 0.4) is 0 Å². The second-order valence-electron chi connectivity index (χ2n) is 11.3. The lowest BCUT2D eigenvalue weighted by atomic mass is 9.76. The van der Waals surface area contributed by atoms with Crippen LogP contribution in [0.25, 0.3) is 0 Å². The van der Waals surface area contributed by atoms with Crippen molar-refractivity contribution in [3.05, 3.63) is 0 Å². The number of methoxy groups -OCH3 is 1. The van der Waals surface area contributed by atoms with Gasteiger partial charge in [-0.05, 0) is 31.0 Å². The van der Waals surface area contributed by atoms with Crippen molar-refractivity contribution in [1.29, 1.82) is 0 Å². The van der Waals surface area contributed by atoms with E-state index in [4.69, 9.17) is 28.1 Å². The molecule has 0 radical (unpaired) electrons. The number of carbonyl (C=O) groups is 3. The largest absolute Gasteiger partial charge is 0.466 e. The minimum absolute atomic E-state index is 0.0652. The molecule has 0 unspecified atom stereocenters. The van der Waals surface area contributed by atoms with Gasteiger partial charge in [0.25, 0.3) is 0 Å². The van der Waals surface area contributed by atoms with E-state index < -0.39 is 62.0 Å². The van der Waals surface area contributed by atoms with Gasteiger partial charge in [0.15, 0.2) is 20.2 Å². The summed E-state index contributed by atoms with van der Waals surface area (Å²) in [6, 6.07) is 0. The Morgan fingerprint density at radius 2 is 1.53 bits per heavy atom. The molecule has 2 aliphatic carbocycles. The maximum Gasteiger partial charge on any atom is 0.354 e. The topological polar surface area (TPSA) is 107 Å². The number of fused-ring (bicyclic) bond motifs is 1. The normalized spacial score (nSPS) is 33.2. The molecule has 3 aliphatic rings. The van der Waals surface area contributed by atoms with Crippen molar-refractivity contribution in [2.45, 2.75) is 127 Å². The van der Waals surface area contributed by atoms with Crippen LogP contribution in [-0.2, 0) is 42.5 Å². The predicted molar refractivity (Wildman–Crippen MR) is 124 cm³/mol. The Morgan fingerprint density at radius 3 is 2.03 bits per heavy atom. The molecular formula is C24H40O9Si. The monoisotopic (exact) mass is 500 g/mol. The molecule has 0 bridgehead atoms. The smallest absolute Gasteiger partial charge is 0.354 e. The van der Waals surface area contributed by atoms with E-state index in [0.717, 1.165) is 19.3 Å². The van der Waals surface area contributed by atoms with Gasteiger partial charge in [0.2, 0.25) is 5.60 Å². The van der Waals surface area contributed by atoms with Crippen LogP contribution in [0.15, 0.2) is 0 Å². The Labute approximate surface area is 203 Å². The highest BCUT2D eigenvalue weighted by molar-refractivity contribution is 6.74. The molecule has 2 saturated carbocycles. The molecule has 0 N–H and O–H groups in total. The van der Waals surface area contributed by atoms with E-state index in [1.165, 1.54) is 21.0 Å². The van der Waals surface area contributed by atoms with E-state index in [1.54, 1.807) is 0 Å². The molecule has 1 heterocycles. The zero-order chi connectivity index (χ0) is 25.5. The molecule has 9 nitrogen and oxygen atoms in total. The first-order chi connectivity index (χ1) is 15.7. The van der Waals surface area contributed by atoms with Crippen LogP contribution in [0.1, 0.15) is 73.1 Å². The lowest BCUT2D eigenvalue weighted by molar-refractivity contribution is -0.234. The summed E-state index contributed by atoms with van der Waals surface area (Å²) in [7, 11) is -1.14. The van der Waals surface area contributed by atoms with Gasteiger partial charge in [0.1, 0.15) is 12.2 Å². The second kappa shape index (κ2) is 9.52. The minimum Gasteiger partial charge on any atom is -0.466 e. The van der Waals surface area contributed by atoms with Crippen molar-refractivity contribution >= 4 is 26.2 Å². The number of ether oxygens (including phenoxy) is 5. The average Bonchev–Trinajstić information content (AvgIpc) is 3.07. The van der Waals surface area contributed by atoms with Crippen molar-refractivity contribution < 1.29 is 42.5 Å². The van der Waals surface area contributed by atoms with Gasteiger partial charge in [0.05, 0.1) is 13.2 Å². The Balaban J connectivity index is 2.12.